The maximum atomic E-state index is 11.2. The number of hydrogen-bond donors (Lipinski definition) is 4. The van der Waals surface area contributed by atoms with Crippen LogP contribution in [0.4, 0.5) is 0 Å². The van der Waals surface area contributed by atoms with Gasteiger partial charge in [0.15, 0.2) is 0 Å². The number of hydrazine groups is 2. The van der Waals surface area contributed by atoms with Crippen LogP contribution in [-0.2, 0) is 4.79 Å². The van der Waals surface area contributed by atoms with Gasteiger partial charge < -0.3 is 5.11 Å². The molecule has 0 aliphatic carbocycles. The summed E-state index contributed by atoms with van der Waals surface area (Å²) in [4.78, 5) is 11.2. The predicted molar refractivity (Wildman–Crippen MR) is 90.4 cm³/mol. The molecule has 0 amide bonds. The highest BCUT2D eigenvalue weighted by molar-refractivity contribution is 5.75. The van der Waals surface area contributed by atoms with Gasteiger partial charge in [-0.25, -0.2) is 15.5 Å². The molecule has 4 rings (SSSR count). The maximum absolute atomic E-state index is 11.2. The van der Waals surface area contributed by atoms with E-state index >= 15 is 0 Å². The summed E-state index contributed by atoms with van der Waals surface area (Å²) in [5.74, 6) is -0.907. The minimum Gasteiger partial charge on any atom is -0.480 e. The Hall–Kier alpha value is -3.07. The summed E-state index contributed by atoms with van der Waals surface area (Å²) in [6.07, 6.45) is 3.43. The average Bonchev–Trinajstić information content (AvgIpc) is 3.34. The fourth-order valence-corrected chi connectivity index (χ4v) is 2.88. The van der Waals surface area contributed by atoms with Crippen molar-refractivity contribution in [3.8, 4) is 16.8 Å². The smallest absolute Gasteiger partial charge is 0.324 e. The average molecular weight is 336 g/mol. The third-order valence-corrected chi connectivity index (χ3v) is 4.21. The molecule has 126 valence electrons. The summed E-state index contributed by atoms with van der Waals surface area (Å²) < 4.78 is 1.70. The lowest BCUT2D eigenvalue weighted by Crippen LogP contribution is -2.38. The van der Waals surface area contributed by atoms with E-state index in [4.69, 9.17) is 0 Å². The van der Waals surface area contributed by atoms with Crippen LogP contribution in [0, 0.1) is 0 Å². The molecule has 1 fully saturated rings. The molecule has 3 aromatic rings. The number of benzene rings is 2. The Labute approximate surface area is 143 Å². The normalized spacial score (nSPS) is 19.8. The van der Waals surface area contributed by atoms with Crippen molar-refractivity contribution in [3.05, 3.63) is 66.5 Å². The summed E-state index contributed by atoms with van der Waals surface area (Å²) in [7, 11) is 0. The zero-order valence-corrected chi connectivity index (χ0v) is 13.1. The second kappa shape index (κ2) is 6.44. The molecule has 2 unspecified atom stereocenters. The molecule has 25 heavy (non-hydrogen) atoms. The van der Waals surface area contributed by atoms with Crippen molar-refractivity contribution in [3.63, 3.8) is 0 Å². The van der Waals surface area contributed by atoms with Crippen LogP contribution in [0.3, 0.4) is 0 Å². The second-order valence-corrected chi connectivity index (χ2v) is 5.72. The number of carbonyl (C=O) groups is 1. The van der Waals surface area contributed by atoms with Crippen LogP contribution < -0.4 is 16.4 Å². The summed E-state index contributed by atoms with van der Waals surface area (Å²) in [6, 6.07) is 14.8. The summed E-state index contributed by atoms with van der Waals surface area (Å²) in [5.41, 5.74) is 12.3. The Bertz CT molecular complexity index is 861. The predicted octanol–water partition coefficient (Wildman–Crippen LogP) is 1.04. The van der Waals surface area contributed by atoms with Crippen molar-refractivity contribution >= 4 is 5.97 Å². The van der Waals surface area contributed by atoms with Crippen molar-refractivity contribution in [1.82, 2.24) is 31.4 Å². The molecule has 1 aromatic heterocycles. The molecule has 0 spiro atoms. The minimum atomic E-state index is -0.907. The first-order chi connectivity index (χ1) is 12.2. The van der Waals surface area contributed by atoms with Crippen LogP contribution in [0.5, 0.6) is 0 Å². The van der Waals surface area contributed by atoms with Crippen molar-refractivity contribution in [2.45, 2.75) is 12.1 Å². The Morgan fingerprint density at radius 1 is 1.00 bits per heavy atom. The fraction of sp³-hybridized carbons (Fsp3) is 0.118. The van der Waals surface area contributed by atoms with E-state index < -0.39 is 12.0 Å². The molecule has 0 bridgehead atoms. The quantitative estimate of drug-likeness (QED) is 0.564. The lowest BCUT2D eigenvalue weighted by atomic mass is 9.97. The van der Waals surface area contributed by atoms with Gasteiger partial charge in [-0.3, -0.25) is 4.79 Å². The van der Waals surface area contributed by atoms with Crippen LogP contribution in [0.2, 0.25) is 0 Å². The Morgan fingerprint density at radius 3 is 2.28 bits per heavy atom. The number of rotatable bonds is 4. The van der Waals surface area contributed by atoms with Gasteiger partial charge in [0, 0.05) is 0 Å². The van der Waals surface area contributed by atoms with Crippen molar-refractivity contribution in [1.29, 1.82) is 0 Å². The largest absolute Gasteiger partial charge is 0.480 e. The van der Waals surface area contributed by atoms with E-state index in [9.17, 15) is 9.90 Å². The molecular weight excluding hydrogens is 320 g/mol. The number of aromatic nitrogens is 3. The molecule has 2 atom stereocenters. The van der Waals surface area contributed by atoms with Gasteiger partial charge in [0.1, 0.15) is 6.04 Å². The van der Waals surface area contributed by atoms with E-state index in [0.717, 1.165) is 22.4 Å². The molecule has 1 aliphatic rings. The molecular formula is C17H16N6O2. The third kappa shape index (κ3) is 3.01. The Kier molecular flexibility index (Phi) is 3.98. The van der Waals surface area contributed by atoms with E-state index in [1.54, 1.807) is 17.1 Å². The van der Waals surface area contributed by atoms with Crippen LogP contribution in [-0.4, -0.2) is 32.1 Å². The molecule has 4 N–H and O–H groups in total. The highest BCUT2D eigenvalue weighted by atomic mass is 16.4. The van der Waals surface area contributed by atoms with Crippen LogP contribution in [0.25, 0.3) is 16.8 Å². The van der Waals surface area contributed by atoms with Gasteiger partial charge in [-0.1, -0.05) is 41.6 Å². The van der Waals surface area contributed by atoms with Crippen molar-refractivity contribution in [2.24, 2.45) is 0 Å². The van der Waals surface area contributed by atoms with Crippen LogP contribution in [0.1, 0.15) is 11.6 Å². The van der Waals surface area contributed by atoms with Gasteiger partial charge in [0.25, 0.3) is 0 Å². The van der Waals surface area contributed by atoms with Gasteiger partial charge in [-0.15, -0.1) is 5.10 Å². The highest BCUT2D eigenvalue weighted by Gasteiger charge is 2.33. The first-order valence-corrected chi connectivity index (χ1v) is 7.78. The van der Waals surface area contributed by atoms with E-state index in [0.29, 0.717) is 0 Å². The monoisotopic (exact) mass is 336 g/mol. The van der Waals surface area contributed by atoms with Gasteiger partial charge >= 0.3 is 5.97 Å². The zero-order valence-electron chi connectivity index (χ0n) is 13.1. The number of hydrogen-bond acceptors (Lipinski definition) is 6. The van der Waals surface area contributed by atoms with E-state index in [1.165, 1.54) is 0 Å². The summed E-state index contributed by atoms with van der Waals surface area (Å²) in [6.45, 7) is 0. The maximum Gasteiger partial charge on any atom is 0.324 e. The molecule has 2 heterocycles. The number of carboxylic acids is 1. The minimum absolute atomic E-state index is 0.332. The molecule has 0 radical (unpaired) electrons. The van der Waals surface area contributed by atoms with E-state index in [1.807, 2.05) is 48.5 Å². The molecule has 8 heteroatoms. The summed E-state index contributed by atoms with van der Waals surface area (Å²) >= 11 is 0. The van der Waals surface area contributed by atoms with Gasteiger partial charge in [-0.2, -0.15) is 5.53 Å². The van der Waals surface area contributed by atoms with Crippen molar-refractivity contribution in [2.75, 3.05) is 0 Å². The lowest BCUT2D eigenvalue weighted by Gasteiger charge is -2.15. The molecule has 2 aromatic carbocycles. The first-order valence-electron chi connectivity index (χ1n) is 7.78. The van der Waals surface area contributed by atoms with Crippen LogP contribution in [0.15, 0.2) is 60.9 Å². The van der Waals surface area contributed by atoms with Gasteiger partial charge in [-0.05, 0) is 28.8 Å². The standard InChI is InChI=1S/C17H16N6O2/c24-17(25)16-15(19-21-20-16)13-3-1-11(2-4-13)12-5-7-14(8-6-12)23-10-9-18-22-23/h1-10,15-16,19-21H,(H,24,25). The Morgan fingerprint density at radius 2 is 1.68 bits per heavy atom. The van der Waals surface area contributed by atoms with Gasteiger partial charge in [0.05, 0.1) is 24.1 Å². The van der Waals surface area contributed by atoms with E-state index in [-0.39, 0.29) is 6.04 Å². The number of carboxylic acid groups (broad SMARTS) is 1. The highest BCUT2D eigenvalue weighted by Crippen LogP contribution is 2.25. The van der Waals surface area contributed by atoms with Crippen LogP contribution >= 0.6 is 0 Å². The molecule has 8 nitrogen and oxygen atoms in total. The van der Waals surface area contributed by atoms with Crippen molar-refractivity contribution < 1.29 is 9.90 Å². The first kappa shape index (κ1) is 15.5. The third-order valence-electron chi connectivity index (χ3n) is 4.21. The lowest BCUT2D eigenvalue weighted by molar-refractivity contribution is -0.139. The number of nitrogens with zero attached hydrogens (tertiary/aromatic N) is 3. The van der Waals surface area contributed by atoms with Gasteiger partial charge in [0.2, 0.25) is 0 Å². The molecule has 0 saturated carbocycles. The zero-order chi connectivity index (χ0) is 17.2. The SMILES string of the molecule is O=C(O)C1NNNC1c1ccc(-c2ccc(-n3ccnn3)cc2)cc1. The Balaban J connectivity index is 1.55. The fourth-order valence-electron chi connectivity index (χ4n) is 2.88. The second-order valence-electron chi connectivity index (χ2n) is 5.72. The summed E-state index contributed by atoms with van der Waals surface area (Å²) in [5, 5.41) is 17.0. The molecule has 1 saturated heterocycles. The van der Waals surface area contributed by atoms with E-state index in [2.05, 4.69) is 26.7 Å². The number of nitrogens with one attached hydrogen (secondary N) is 3. The topological polar surface area (TPSA) is 104 Å². The molecule has 1 aliphatic heterocycles. The number of aliphatic carboxylic acids is 1.